The van der Waals surface area contributed by atoms with Crippen LogP contribution >= 0.6 is 0 Å². The topological polar surface area (TPSA) is 32.5 Å². The maximum absolute atomic E-state index is 13.7. The molecule has 2 aliphatic rings. The van der Waals surface area contributed by atoms with Gasteiger partial charge in [-0.25, -0.2) is 4.39 Å². The van der Waals surface area contributed by atoms with Crippen molar-refractivity contribution in [3.05, 3.63) is 29.6 Å². The van der Waals surface area contributed by atoms with Crippen LogP contribution in [0.25, 0.3) is 0 Å². The van der Waals surface area contributed by atoms with Crippen LogP contribution in [0.4, 0.5) is 10.1 Å². The quantitative estimate of drug-likeness (QED) is 0.843. The van der Waals surface area contributed by atoms with Crippen molar-refractivity contribution in [1.29, 1.82) is 0 Å². The highest BCUT2D eigenvalue weighted by Crippen LogP contribution is 2.30. The number of nitrogens with two attached hydrogens (primary N) is 1. The van der Waals surface area contributed by atoms with Gasteiger partial charge in [0.05, 0.1) is 0 Å². The molecule has 0 spiro atoms. The summed E-state index contributed by atoms with van der Waals surface area (Å²) in [4.78, 5) is 4.84. The standard InChI is InChI=1S/C15H22FN3/c16-14-2-1-3-15(17)13(14)11-19-8-6-18(7-9-19)10-12-4-5-12/h1-3,12H,4-11,17H2. The highest BCUT2D eigenvalue weighted by Gasteiger charge is 2.26. The second-order valence-corrected chi connectivity index (χ2v) is 5.83. The molecule has 2 fully saturated rings. The van der Waals surface area contributed by atoms with E-state index >= 15 is 0 Å². The van der Waals surface area contributed by atoms with E-state index in [1.165, 1.54) is 25.5 Å². The Labute approximate surface area is 114 Å². The van der Waals surface area contributed by atoms with Crippen molar-refractivity contribution in [2.45, 2.75) is 19.4 Å². The minimum absolute atomic E-state index is 0.180. The molecule has 1 aromatic carbocycles. The zero-order valence-electron chi connectivity index (χ0n) is 11.3. The number of nitrogen functional groups attached to an aromatic ring is 1. The number of halogens is 1. The van der Waals surface area contributed by atoms with E-state index in [-0.39, 0.29) is 5.82 Å². The zero-order chi connectivity index (χ0) is 13.2. The Morgan fingerprint density at radius 3 is 2.42 bits per heavy atom. The van der Waals surface area contributed by atoms with Gasteiger partial charge in [-0.2, -0.15) is 0 Å². The Hall–Kier alpha value is -1.13. The predicted molar refractivity (Wildman–Crippen MR) is 75.3 cm³/mol. The van der Waals surface area contributed by atoms with Gasteiger partial charge in [0.25, 0.3) is 0 Å². The maximum atomic E-state index is 13.7. The predicted octanol–water partition coefficient (Wildman–Crippen LogP) is 1.94. The van der Waals surface area contributed by atoms with Crippen LogP contribution in [0, 0.1) is 11.7 Å². The largest absolute Gasteiger partial charge is 0.398 e. The lowest BCUT2D eigenvalue weighted by Gasteiger charge is -2.35. The van der Waals surface area contributed by atoms with E-state index in [4.69, 9.17) is 5.73 Å². The molecule has 104 valence electrons. The number of piperazine rings is 1. The molecule has 19 heavy (non-hydrogen) atoms. The lowest BCUT2D eigenvalue weighted by atomic mass is 10.1. The smallest absolute Gasteiger partial charge is 0.129 e. The molecule has 1 saturated carbocycles. The van der Waals surface area contributed by atoms with Gasteiger partial charge in [0.15, 0.2) is 0 Å². The zero-order valence-corrected chi connectivity index (χ0v) is 11.3. The van der Waals surface area contributed by atoms with Crippen LogP contribution in [-0.4, -0.2) is 42.5 Å². The lowest BCUT2D eigenvalue weighted by molar-refractivity contribution is 0.122. The number of hydrogen-bond acceptors (Lipinski definition) is 3. The van der Waals surface area contributed by atoms with Gasteiger partial charge in [0.2, 0.25) is 0 Å². The Balaban J connectivity index is 1.53. The number of rotatable bonds is 4. The highest BCUT2D eigenvalue weighted by atomic mass is 19.1. The van der Waals surface area contributed by atoms with E-state index in [0.29, 0.717) is 17.8 Å². The summed E-state index contributed by atoms with van der Waals surface area (Å²) < 4.78 is 13.7. The summed E-state index contributed by atoms with van der Waals surface area (Å²) in [5.74, 6) is 0.772. The maximum Gasteiger partial charge on any atom is 0.129 e. The van der Waals surface area contributed by atoms with Crippen molar-refractivity contribution in [2.75, 3.05) is 38.5 Å². The molecule has 1 saturated heterocycles. The van der Waals surface area contributed by atoms with Gasteiger partial charge in [-0.05, 0) is 30.9 Å². The first-order valence-corrected chi connectivity index (χ1v) is 7.20. The van der Waals surface area contributed by atoms with Crippen LogP contribution in [0.5, 0.6) is 0 Å². The molecule has 3 nitrogen and oxygen atoms in total. The first-order chi connectivity index (χ1) is 9.22. The summed E-state index contributed by atoms with van der Waals surface area (Å²) in [6.07, 6.45) is 2.82. The summed E-state index contributed by atoms with van der Waals surface area (Å²) in [7, 11) is 0. The van der Waals surface area contributed by atoms with Crippen LogP contribution < -0.4 is 5.73 Å². The Bertz CT molecular complexity index is 417. The molecule has 3 rings (SSSR count). The van der Waals surface area contributed by atoms with E-state index in [9.17, 15) is 4.39 Å². The lowest BCUT2D eigenvalue weighted by Crippen LogP contribution is -2.46. The van der Waals surface area contributed by atoms with E-state index < -0.39 is 0 Å². The molecule has 0 amide bonds. The fourth-order valence-corrected chi connectivity index (χ4v) is 2.76. The minimum Gasteiger partial charge on any atom is -0.398 e. The van der Waals surface area contributed by atoms with Gasteiger partial charge >= 0.3 is 0 Å². The molecule has 0 atom stereocenters. The monoisotopic (exact) mass is 263 g/mol. The average Bonchev–Trinajstić information content (AvgIpc) is 3.20. The molecule has 0 radical (unpaired) electrons. The number of benzene rings is 1. The average molecular weight is 263 g/mol. The molecule has 2 N–H and O–H groups in total. The molecule has 0 bridgehead atoms. The summed E-state index contributed by atoms with van der Waals surface area (Å²) in [6.45, 7) is 6.13. The molecule has 4 heteroatoms. The molecule has 0 aromatic heterocycles. The molecule has 1 aromatic rings. The molecule has 0 unspecified atom stereocenters. The van der Waals surface area contributed by atoms with Crippen LogP contribution in [0.3, 0.4) is 0 Å². The van der Waals surface area contributed by atoms with E-state index in [0.717, 1.165) is 32.1 Å². The van der Waals surface area contributed by atoms with Crippen molar-refractivity contribution < 1.29 is 4.39 Å². The molecule has 1 aliphatic carbocycles. The van der Waals surface area contributed by atoms with Crippen LogP contribution in [0.1, 0.15) is 18.4 Å². The van der Waals surface area contributed by atoms with Crippen LogP contribution in [0.2, 0.25) is 0 Å². The van der Waals surface area contributed by atoms with Gasteiger partial charge in [-0.1, -0.05) is 6.07 Å². The van der Waals surface area contributed by atoms with Crippen LogP contribution in [0.15, 0.2) is 18.2 Å². The normalized spacial score (nSPS) is 21.7. The number of hydrogen-bond donors (Lipinski definition) is 1. The number of anilines is 1. The Morgan fingerprint density at radius 1 is 1.11 bits per heavy atom. The van der Waals surface area contributed by atoms with Crippen molar-refractivity contribution in [2.24, 2.45) is 5.92 Å². The third kappa shape index (κ3) is 3.25. The van der Waals surface area contributed by atoms with Crippen molar-refractivity contribution in [1.82, 2.24) is 9.80 Å². The summed E-state index contributed by atoms with van der Waals surface area (Å²) >= 11 is 0. The van der Waals surface area contributed by atoms with Gasteiger partial charge < -0.3 is 10.6 Å². The number of nitrogens with zero attached hydrogens (tertiary/aromatic N) is 2. The first-order valence-electron chi connectivity index (χ1n) is 7.20. The van der Waals surface area contributed by atoms with Gasteiger partial charge in [-0.15, -0.1) is 0 Å². The first kappa shape index (κ1) is 12.9. The second-order valence-electron chi connectivity index (χ2n) is 5.83. The molecule has 1 aliphatic heterocycles. The van der Waals surface area contributed by atoms with Gasteiger partial charge in [0, 0.05) is 50.5 Å². The second kappa shape index (κ2) is 5.47. The third-order valence-electron chi connectivity index (χ3n) is 4.22. The summed E-state index contributed by atoms with van der Waals surface area (Å²) in [5.41, 5.74) is 7.08. The molecular formula is C15H22FN3. The van der Waals surface area contributed by atoms with Crippen LogP contribution in [-0.2, 0) is 6.54 Å². The van der Waals surface area contributed by atoms with E-state index in [1.807, 2.05) is 0 Å². The molecular weight excluding hydrogens is 241 g/mol. The van der Waals surface area contributed by atoms with Crippen molar-refractivity contribution in [3.63, 3.8) is 0 Å². The van der Waals surface area contributed by atoms with Gasteiger partial charge in [0.1, 0.15) is 5.82 Å². The highest BCUT2D eigenvalue weighted by molar-refractivity contribution is 5.47. The molecule has 1 heterocycles. The third-order valence-corrected chi connectivity index (χ3v) is 4.22. The van der Waals surface area contributed by atoms with Gasteiger partial charge in [-0.3, -0.25) is 4.90 Å². The van der Waals surface area contributed by atoms with Crippen molar-refractivity contribution in [3.8, 4) is 0 Å². The minimum atomic E-state index is -0.180. The SMILES string of the molecule is Nc1cccc(F)c1CN1CCN(CC2CC2)CC1. The fraction of sp³-hybridized carbons (Fsp3) is 0.600. The Morgan fingerprint density at radius 2 is 1.79 bits per heavy atom. The summed E-state index contributed by atoms with van der Waals surface area (Å²) in [6, 6.07) is 4.94. The Kier molecular flexibility index (Phi) is 3.71. The summed E-state index contributed by atoms with van der Waals surface area (Å²) in [5, 5.41) is 0. The van der Waals surface area contributed by atoms with E-state index in [2.05, 4.69) is 9.80 Å². The van der Waals surface area contributed by atoms with E-state index in [1.54, 1.807) is 12.1 Å². The van der Waals surface area contributed by atoms with Crippen molar-refractivity contribution >= 4 is 5.69 Å². The fourth-order valence-electron chi connectivity index (χ4n) is 2.76.